The first-order valence-corrected chi connectivity index (χ1v) is 13.6. The molecule has 0 saturated carbocycles. The molecule has 3 heterocycles. The van der Waals surface area contributed by atoms with Crippen LogP contribution in [0, 0.1) is 31.4 Å². The lowest BCUT2D eigenvalue weighted by atomic mass is 9.88. The van der Waals surface area contributed by atoms with E-state index in [0.29, 0.717) is 44.6 Å². The van der Waals surface area contributed by atoms with E-state index in [1.54, 1.807) is 9.80 Å². The molecule has 1 aromatic heterocycles. The van der Waals surface area contributed by atoms with E-state index in [1.807, 2.05) is 26.0 Å². The van der Waals surface area contributed by atoms with Gasteiger partial charge in [0.25, 0.3) is 0 Å². The molecular weight excluding hydrogens is 517 g/mol. The van der Waals surface area contributed by atoms with Crippen LogP contribution in [0.1, 0.15) is 41.4 Å². The van der Waals surface area contributed by atoms with Gasteiger partial charge in [0.15, 0.2) is 11.6 Å². The number of piperidine rings is 1. The number of rotatable bonds is 3. The molecule has 208 valence electrons. The van der Waals surface area contributed by atoms with E-state index < -0.39 is 24.4 Å². The zero-order valence-corrected chi connectivity index (χ0v) is 22.5. The highest BCUT2D eigenvalue weighted by Crippen LogP contribution is 2.38. The molecule has 2 unspecified atom stereocenters. The lowest BCUT2D eigenvalue weighted by Gasteiger charge is -2.41. The minimum Gasteiger partial charge on any atom is -0.491 e. The average Bonchev–Trinajstić information content (AvgIpc) is 3.18. The predicted octanol–water partition coefficient (Wildman–Crippen LogP) is 6.86. The molecule has 2 aliphatic heterocycles. The Labute approximate surface area is 230 Å². The molecule has 4 aromatic rings. The zero-order chi connectivity index (χ0) is 28.0. The summed E-state index contributed by atoms with van der Waals surface area (Å²) in [5.74, 6) is -0.544. The van der Waals surface area contributed by atoms with Crippen molar-refractivity contribution in [3.05, 3.63) is 82.7 Å². The Kier molecular flexibility index (Phi) is 6.90. The third-order valence-electron chi connectivity index (χ3n) is 8.03. The number of urea groups is 1. The van der Waals surface area contributed by atoms with Gasteiger partial charge in [-0.1, -0.05) is 12.1 Å². The summed E-state index contributed by atoms with van der Waals surface area (Å²) in [7, 11) is 0. The SMILES string of the molecule is Cc1nc2ccc(-c3cc(C)c4c(c3)CN(C(=O)N3CCC(CF)CC3c3ccc(F)c(F)c3)CCO4)cc2[nH]1. The number of ether oxygens (including phenoxy) is 1. The number of carbonyl (C=O) groups is 1. The Morgan fingerprint density at radius 3 is 2.70 bits per heavy atom. The maximum Gasteiger partial charge on any atom is 0.320 e. The highest BCUT2D eigenvalue weighted by atomic mass is 19.2. The molecule has 40 heavy (non-hydrogen) atoms. The Balaban J connectivity index is 1.30. The molecular formula is C31H31F3N4O2. The number of aryl methyl sites for hydroxylation is 2. The zero-order valence-electron chi connectivity index (χ0n) is 22.5. The van der Waals surface area contributed by atoms with E-state index in [-0.39, 0.29) is 11.9 Å². The summed E-state index contributed by atoms with van der Waals surface area (Å²) in [6.07, 6.45) is 0.870. The number of aromatic nitrogens is 2. The van der Waals surface area contributed by atoms with Crippen molar-refractivity contribution in [1.82, 2.24) is 19.8 Å². The van der Waals surface area contributed by atoms with Gasteiger partial charge in [-0.3, -0.25) is 4.39 Å². The molecule has 0 spiro atoms. The van der Waals surface area contributed by atoms with Gasteiger partial charge in [-0.05, 0) is 91.3 Å². The molecule has 2 aliphatic rings. The molecule has 2 amide bonds. The Hall–Kier alpha value is -4.01. The minimum atomic E-state index is -0.976. The number of fused-ring (bicyclic) bond motifs is 2. The number of benzene rings is 3. The van der Waals surface area contributed by atoms with Gasteiger partial charge in [0, 0.05) is 12.1 Å². The molecule has 0 aliphatic carbocycles. The number of likely N-dealkylation sites (tertiary alicyclic amines) is 1. The number of alkyl halides is 1. The maximum atomic E-state index is 14.1. The van der Waals surface area contributed by atoms with Crippen molar-refractivity contribution in [3.8, 4) is 16.9 Å². The summed E-state index contributed by atoms with van der Waals surface area (Å²) < 4.78 is 47.6. The number of hydrogen-bond donors (Lipinski definition) is 1. The van der Waals surface area contributed by atoms with Gasteiger partial charge in [-0.25, -0.2) is 18.6 Å². The van der Waals surface area contributed by atoms with Gasteiger partial charge in [0.2, 0.25) is 0 Å². The minimum absolute atomic E-state index is 0.221. The van der Waals surface area contributed by atoms with Crippen LogP contribution in [0.4, 0.5) is 18.0 Å². The largest absolute Gasteiger partial charge is 0.491 e. The summed E-state index contributed by atoms with van der Waals surface area (Å²) in [5.41, 5.74) is 6.23. The van der Waals surface area contributed by atoms with Crippen LogP contribution in [-0.2, 0) is 6.54 Å². The lowest BCUT2D eigenvalue weighted by Crippen LogP contribution is -2.48. The normalized spacial score (nSPS) is 19.3. The van der Waals surface area contributed by atoms with E-state index in [1.165, 1.54) is 6.07 Å². The van der Waals surface area contributed by atoms with Gasteiger partial charge >= 0.3 is 6.03 Å². The predicted molar refractivity (Wildman–Crippen MR) is 147 cm³/mol. The highest BCUT2D eigenvalue weighted by molar-refractivity contribution is 5.83. The second kappa shape index (κ2) is 10.5. The van der Waals surface area contributed by atoms with E-state index in [9.17, 15) is 18.0 Å². The second-order valence-corrected chi connectivity index (χ2v) is 10.8. The molecule has 6 nitrogen and oxygen atoms in total. The van der Waals surface area contributed by atoms with Crippen molar-refractivity contribution in [1.29, 1.82) is 0 Å². The summed E-state index contributed by atoms with van der Waals surface area (Å²) in [6, 6.07) is 13.1. The summed E-state index contributed by atoms with van der Waals surface area (Å²) in [4.78, 5) is 25.1. The van der Waals surface area contributed by atoms with Crippen molar-refractivity contribution >= 4 is 17.1 Å². The van der Waals surface area contributed by atoms with Crippen LogP contribution in [-0.4, -0.2) is 52.2 Å². The van der Waals surface area contributed by atoms with Crippen LogP contribution in [0.5, 0.6) is 5.75 Å². The number of aromatic amines is 1. The maximum absolute atomic E-state index is 14.1. The monoisotopic (exact) mass is 548 g/mol. The third-order valence-corrected chi connectivity index (χ3v) is 8.03. The summed E-state index contributed by atoms with van der Waals surface area (Å²) in [6.45, 7) is 4.78. The number of nitrogens with one attached hydrogen (secondary N) is 1. The number of amides is 2. The van der Waals surface area contributed by atoms with Crippen molar-refractivity contribution in [2.24, 2.45) is 5.92 Å². The molecule has 0 radical (unpaired) electrons. The van der Waals surface area contributed by atoms with Gasteiger partial charge < -0.3 is 19.5 Å². The van der Waals surface area contributed by atoms with Crippen LogP contribution < -0.4 is 4.74 Å². The van der Waals surface area contributed by atoms with Crippen LogP contribution in [0.15, 0.2) is 48.5 Å². The molecule has 9 heteroatoms. The average molecular weight is 549 g/mol. The fourth-order valence-electron chi connectivity index (χ4n) is 5.98. The van der Waals surface area contributed by atoms with Gasteiger partial charge in [-0.2, -0.15) is 0 Å². The second-order valence-electron chi connectivity index (χ2n) is 10.8. The first-order chi connectivity index (χ1) is 19.3. The van der Waals surface area contributed by atoms with Crippen molar-refractivity contribution in [3.63, 3.8) is 0 Å². The molecule has 1 N–H and O–H groups in total. The van der Waals surface area contributed by atoms with E-state index in [4.69, 9.17) is 4.74 Å². The smallest absolute Gasteiger partial charge is 0.320 e. The molecule has 0 bridgehead atoms. The molecule has 2 atom stereocenters. The number of hydrogen-bond acceptors (Lipinski definition) is 3. The van der Waals surface area contributed by atoms with Crippen molar-refractivity contribution < 1.29 is 22.7 Å². The van der Waals surface area contributed by atoms with Gasteiger partial charge in [0.05, 0.1) is 36.8 Å². The van der Waals surface area contributed by atoms with E-state index in [2.05, 4.69) is 28.2 Å². The number of nitrogens with zero attached hydrogens (tertiary/aromatic N) is 3. The molecule has 6 rings (SSSR count). The van der Waals surface area contributed by atoms with Crippen LogP contribution in [0.25, 0.3) is 22.2 Å². The third kappa shape index (κ3) is 4.89. The summed E-state index contributed by atoms with van der Waals surface area (Å²) in [5, 5.41) is 0. The number of H-pyrrole nitrogens is 1. The standard InChI is InChI=1S/C31H31F3N4O2/c1-18-11-23(21-4-6-27-28(15-21)36-19(2)35-27)13-24-17-37(9-10-40-30(18)24)31(39)38-8-7-20(16-32)12-29(38)22-3-5-25(33)26(34)14-22/h3-6,11,13-15,20,29H,7-10,12,16-17H2,1-2H3,(H,35,36). The van der Waals surface area contributed by atoms with Crippen LogP contribution in [0.2, 0.25) is 0 Å². The number of halogens is 3. The first-order valence-electron chi connectivity index (χ1n) is 13.6. The van der Waals surface area contributed by atoms with Gasteiger partial charge in [-0.15, -0.1) is 0 Å². The van der Waals surface area contributed by atoms with Crippen LogP contribution in [0.3, 0.4) is 0 Å². The molecule has 1 saturated heterocycles. The fraction of sp³-hybridized carbons (Fsp3) is 0.355. The number of imidazole rings is 1. The van der Waals surface area contributed by atoms with E-state index >= 15 is 0 Å². The number of carbonyl (C=O) groups excluding carboxylic acids is 1. The Bertz CT molecular complexity index is 1590. The van der Waals surface area contributed by atoms with Gasteiger partial charge in [0.1, 0.15) is 18.2 Å². The topological polar surface area (TPSA) is 61.5 Å². The Morgan fingerprint density at radius 1 is 1.05 bits per heavy atom. The highest BCUT2D eigenvalue weighted by Gasteiger charge is 2.36. The van der Waals surface area contributed by atoms with Crippen molar-refractivity contribution in [2.75, 3.05) is 26.4 Å². The molecule has 1 fully saturated rings. The molecule has 3 aromatic carbocycles. The Morgan fingerprint density at radius 2 is 1.90 bits per heavy atom. The first kappa shape index (κ1) is 26.2. The fourth-order valence-corrected chi connectivity index (χ4v) is 5.98. The quantitative estimate of drug-likeness (QED) is 0.304. The van der Waals surface area contributed by atoms with E-state index in [0.717, 1.165) is 57.0 Å². The van der Waals surface area contributed by atoms with Crippen LogP contribution >= 0.6 is 0 Å². The lowest BCUT2D eigenvalue weighted by molar-refractivity contribution is 0.0875. The summed E-state index contributed by atoms with van der Waals surface area (Å²) >= 11 is 0. The van der Waals surface area contributed by atoms with Crippen molar-refractivity contribution in [2.45, 2.75) is 39.3 Å².